The predicted molar refractivity (Wildman–Crippen MR) is 122 cm³/mol. The van der Waals surface area contributed by atoms with Crippen LogP contribution in [-0.4, -0.2) is 64.8 Å². The van der Waals surface area contributed by atoms with E-state index in [-0.39, 0.29) is 24.0 Å². The second-order valence-electron chi connectivity index (χ2n) is 6.65. The van der Waals surface area contributed by atoms with Gasteiger partial charge in [0.15, 0.2) is 5.96 Å². The lowest BCUT2D eigenvalue weighted by atomic mass is 10.2. The molecule has 9 heteroatoms. The molecule has 2 rings (SSSR count). The van der Waals surface area contributed by atoms with Gasteiger partial charge in [0.2, 0.25) is 10.0 Å². The van der Waals surface area contributed by atoms with Gasteiger partial charge in [0, 0.05) is 39.3 Å². The van der Waals surface area contributed by atoms with Crippen LogP contribution in [0.2, 0.25) is 0 Å². The normalized spacial score (nSPS) is 18.1. The molecule has 1 aliphatic heterocycles. The van der Waals surface area contributed by atoms with Crippen LogP contribution in [0.5, 0.6) is 0 Å². The van der Waals surface area contributed by atoms with Crippen LogP contribution >= 0.6 is 24.0 Å². The van der Waals surface area contributed by atoms with Crippen LogP contribution in [0.15, 0.2) is 35.3 Å². The van der Waals surface area contributed by atoms with Gasteiger partial charge in [0.05, 0.1) is 6.26 Å². The Kier molecular flexibility index (Phi) is 11.2. The van der Waals surface area contributed by atoms with Gasteiger partial charge in [-0.15, -0.1) is 24.0 Å². The molecular formula is C18H32IN5O2S. The third kappa shape index (κ3) is 9.72. The van der Waals surface area contributed by atoms with Gasteiger partial charge in [0.1, 0.15) is 0 Å². The lowest BCUT2D eigenvalue weighted by Gasteiger charge is -2.25. The first-order valence-corrected chi connectivity index (χ1v) is 11.0. The summed E-state index contributed by atoms with van der Waals surface area (Å²) in [5.74, 6) is 0.760. The van der Waals surface area contributed by atoms with Crippen LogP contribution in [0.25, 0.3) is 0 Å². The summed E-state index contributed by atoms with van der Waals surface area (Å²) >= 11 is 0. The Morgan fingerprint density at radius 1 is 1.22 bits per heavy atom. The van der Waals surface area contributed by atoms with Crippen LogP contribution in [0.3, 0.4) is 0 Å². The minimum absolute atomic E-state index is 0. The number of guanidine groups is 1. The smallest absolute Gasteiger partial charge is 0.208 e. The van der Waals surface area contributed by atoms with E-state index in [1.54, 1.807) is 7.05 Å². The molecule has 0 aromatic heterocycles. The third-order valence-corrected chi connectivity index (χ3v) is 5.20. The molecule has 0 aliphatic carbocycles. The molecule has 1 saturated heterocycles. The van der Waals surface area contributed by atoms with Crippen molar-refractivity contribution in [2.75, 3.05) is 39.5 Å². The van der Waals surface area contributed by atoms with Crippen LogP contribution in [0, 0.1) is 0 Å². The van der Waals surface area contributed by atoms with Crippen molar-refractivity contribution in [1.82, 2.24) is 20.3 Å². The van der Waals surface area contributed by atoms with Gasteiger partial charge < -0.3 is 10.6 Å². The number of aliphatic imine (C=N–C) groups is 1. The SMILES string of the molecule is CN=C(NCCCNS(C)(=O)=O)NCC1CCCN1Cc1ccccc1.I. The molecule has 154 valence electrons. The Morgan fingerprint density at radius 2 is 1.96 bits per heavy atom. The summed E-state index contributed by atoms with van der Waals surface area (Å²) in [5.41, 5.74) is 1.35. The van der Waals surface area contributed by atoms with E-state index in [0.717, 1.165) is 25.6 Å². The molecule has 0 spiro atoms. The van der Waals surface area contributed by atoms with E-state index < -0.39 is 10.0 Å². The Morgan fingerprint density at radius 3 is 2.63 bits per heavy atom. The first-order chi connectivity index (χ1) is 12.5. The summed E-state index contributed by atoms with van der Waals surface area (Å²) in [7, 11) is -1.36. The predicted octanol–water partition coefficient (Wildman–Crippen LogP) is 1.37. The fourth-order valence-electron chi connectivity index (χ4n) is 3.14. The van der Waals surface area contributed by atoms with Gasteiger partial charge in [-0.1, -0.05) is 30.3 Å². The number of rotatable bonds is 9. The number of hydrogen-bond acceptors (Lipinski definition) is 4. The number of nitrogens with zero attached hydrogens (tertiary/aromatic N) is 2. The molecule has 7 nitrogen and oxygen atoms in total. The van der Waals surface area contributed by atoms with Crippen molar-refractivity contribution in [3.8, 4) is 0 Å². The van der Waals surface area contributed by atoms with Gasteiger partial charge in [-0.2, -0.15) is 0 Å². The van der Waals surface area contributed by atoms with Crippen molar-refractivity contribution in [3.63, 3.8) is 0 Å². The zero-order chi connectivity index (χ0) is 18.8. The molecule has 0 bridgehead atoms. The summed E-state index contributed by atoms with van der Waals surface area (Å²) in [5, 5.41) is 6.62. The lowest BCUT2D eigenvalue weighted by Crippen LogP contribution is -2.45. The van der Waals surface area contributed by atoms with E-state index in [1.165, 1.54) is 24.7 Å². The van der Waals surface area contributed by atoms with Gasteiger partial charge >= 0.3 is 0 Å². The fraction of sp³-hybridized carbons (Fsp3) is 0.611. The molecular weight excluding hydrogens is 477 g/mol. The lowest BCUT2D eigenvalue weighted by molar-refractivity contribution is 0.245. The van der Waals surface area contributed by atoms with Gasteiger partial charge in [-0.05, 0) is 31.4 Å². The van der Waals surface area contributed by atoms with Crippen molar-refractivity contribution < 1.29 is 8.42 Å². The molecule has 0 saturated carbocycles. The Balaban J connectivity index is 0.00000364. The van der Waals surface area contributed by atoms with E-state index >= 15 is 0 Å². The molecule has 0 radical (unpaired) electrons. The zero-order valence-corrected chi connectivity index (χ0v) is 19.3. The zero-order valence-electron chi connectivity index (χ0n) is 16.1. The van der Waals surface area contributed by atoms with Crippen molar-refractivity contribution in [3.05, 3.63) is 35.9 Å². The van der Waals surface area contributed by atoms with Crippen LogP contribution in [-0.2, 0) is 16.6 Å². The molecule has 1 aliphatic rings. The maximum Gasteiger partial charge on any atom is 0.208 e. The summed E-state index contributed by atoms with van der Waals surface area (Å²) in [6, 6.07) is 11.1. The minimum Gasteiger partial charge on any atom is -0.356 e. The van der Waals surface area contributed by atoms with E-state index in [1.807, 2.05) is 6.07 Å². The van der Waals surface area contributed by atoms with Gasteiger partial charge in [-0.25, -0.2) is 13.1 Å². The molecule has 0 amide bonds. The number of likely N-dealkylation sites (tertiary alicyclic amines) is 1. The highest BCUT2D eigenvalue weighted by atomic mass is 127. The van der Waals surface area contributed by atoms with E-state index in [0.29, 0.717) is 25.6 Å². The highest BCUT2D eigenvalue weighted by molar-refractivity contribution is 14.0. The second kappa shape index (κ2) is 12.5. The van der Waals surface area contributed by atoms with Gasteiger partial charge in [-0.3, -0.25) is 9.89 Å². The summed E-state index contributed by atoms with van der Waals surface area (Å²) in [6.07, 6.45) is 4.29. The van der Waals surface area contributed by atoms with Crippen molar-refractivity contribution >= 4 is 40.0 Å². The largest absolute Gasteiger partial charge is 0.356 e. The average molecular weight is 509 g/mol. The maximum atomic E-state index is 11.0. The monoisotopic (exact) mass is 509 g/mol. The standard InChI is InChI=1S/C18H31N5O2S.HI/c1-19-18(20-11-7-12-22-26(2,24)25)21-14-17-10-6-13-23(17)15-16-8-4-3-5-9-16;/h3-5,8-9,17,22H,6-7,10-15H2,1-2H3,(H2,19,20,21);1H. The number of hydrogen-bond donors (Lipinski definition) is 3. The van der Waals surface area contributed by atoms with Crippen molar-refractivity contribution in [2.45, 2.75) is 31.8 Å². The average Bonchev–Trinajstić information content (AvgIpc) is 3.04. The molecule has 1 aromatic rings. The molecule has 27 heavy (non-hydrogen) atoms. The molecule has 1 heterocycles. The Hall–Kier alpha value is -0.910. The Labute approximate surface area is 180 Å². The number of halogens is 1. The van der Waals surface area contributed by atoms with Gasteiger partial charge in [0.25, 0.3) is 0 Å². The third-order valence-electron chi connectivity index (χ3n) is 4.47. The van der Waals surface area contributed by atoms with Crippen molar-refractivity contribution in [1.29, 1.82) is 0 Å². The number of benzene rings is 1. The number of sulfonamides is 1. The second-order valence-corrected chi connectivity index (χ2v) is 8.49. The topological polar surface area (TPSA) is 85.8 Å². The molecule has 1 atom stereocenters. The molecule has 1 unspecified atom stereocenters. The Bertz CT molecular complexity index is 670. The highest BCUT2D eigenvalue weighted by Crippen LogP contribution is 2.19. The summed E-state index contributed by atoms with van der Waals surface area (Å²) < 4.78 is 24.5. The first kappa shape index (κ1) is 24.1. The van der Waals surface area contributed by atoms with Crippen LogP contribution < -0.4 is 15.4 Å². The number of nitrogens with one attached hydrogen (secondary N) is 3. The summed E-state index contributed by atoms with van der Waals surface area (Å²) in [4.78, 5) is 6.76. The first-order valence-electron chi connectivity index (χ1n) is 9.15. The molecule has 3 N–H and O–H groups in total. The maximum absolute atomic E-state index is 11.0. The van der Waals surface area contributed by atoms with Crippen molar-refractivity contribution in [2.24, 2.45) is 4.99 Å². The van der Waals surface area contributed by atoms with E-state index in [4.69, 9.17) is 0 Å². The van der Waals surface area contributed by atoms with E-state index in [9.17, 15) is 8.42 Å². The summed E-state index contributed by atoms with van der Waals surface area (Å²) in [6.45, 7) is 4.06. The fourth-order valence-corrected chi connectivity index (χ4v) is 3.66. The molecule has 1 fully saturated rings. The quantitative estimate of drug-likeness (QED) is 0.203. The minimum atomic E-state index is -3.11. The molecule has 1 aromatic carbocycles. The highest BCUT2D eigenvalue weighted by Gasteiger charge is 2.24. The van der Waals surface area contributed by atoms with E-state index in [2.05, 4.69) is 49.5 Å². The van der Waals surface area contributed by atoms with Crippen LogP contribution in [0.4, 0.5) is 0 Å². The van der Waals surface area contributed by atoms with Crippen LogP contribution in [0.1, 0.15) is 24.8 Å².